The van der Waals surface area contributed by atoms with E-state index < -0.39 is 17.5 Å². The van der Waals surface area contributed by atoms with Crippen molar-refractivity contribution < 1.29 is 13.6 Å². The van der Waals surface area contributed by atoms with Gasteiger partial charge in [-0.15, -0.1) is 0 Å². The Kier molecular flexibility index (Phi) is 5.66. The van der Waals surface area contributed by atoms with Gasteiger partial charge in [-0.2, -0.15) is 5.10 Å². The molecule has 1 amide bonds. The fourth-order valence-corrected chi connectivity index (χ4v) is 4.14. The Morgan fingerprint density at radius 3 is 2.71 bits per heavy atom. The lowest BCUT2D eigenvalue weighted by Gasteiger charge is -2.19. The van der Waals surface area contributed by atoms with Gasteiger partial charge < -0.3 is 10.2 Å². The standard InChI is InChI=1S/C23H18ClF2N7O/c1-32-19(4-8-29-32)31-23-28-7-3-18(30-23)14-10-13-5-9-33(21(13)17(26)11-14)20(34)12-15-16(25)2-6-27-22(15)24/h2-4,6-8,10-11H,5,9,12H2,1H3,(H,28,30,31). The van der Waals surface area contributed by atoms with Crippen molar-refractivity contribution in [2.75, 3.05) is 16.8 Å². The highest BCUT2D eigenvalue weighted by molar-refractivity contribution is 6.30. The number of nitrogens with zero attached hydrogens (tertiary/aromatic N) is 6. The topological polar surface area (TPSA) is 88.8 Å². The van der Waals surface area contributed by atoms with E-state index >= 15 is 4.39 Å². The van der Waals surface area contributed by atoms with Crippen LogP contribution in [-0.4, -0.2) is 37.2 Å². The molecule has 0 atom stereocenters. The number of pyridine rings is 1. The summed E-state index contributed by atoms with van der Waals surface area (Å²) in [5.74, 6) is -0.589. The van der Waals surface area contributed by atoms with Crippen molar-refractivity contribution >= 4 is 35.0 Å². The Morgan fingerprint density at radius 2 is 1.94 bits per heavy atom. The summed E-state index contributed by atoms with van der Waals surface area (Å²) in [6.45, 7) is 0.283. The number of benzene rings is 1. The maximum atomic E-state index is 15.2. The van der Waals surface area contributed by atoms with Crippen molar-refractivity contribution in [2.45, 2.75) is 12.8 Å². The van der Waals surface area contributed by atoms with E-state index in [2.05, 4.69) is 25.4 Å². The predicted octanol–water partition coefficient (Wildman–Crippen LogP) is 4.08. The van der Waals surface area contributed by atoms with E-state index in [4.69, 9.17) is 11.6 Å². The summed E-state index contributed by atoms with van der Waals surface area (Å²) in [5, 5.41) is 7.07. The molecule has 5 rings (SSSR count). The number of carbonyl (C=O) groups excluding carboxylic acids is 1. The van der Waals surface area contributed by atoms with Gasteiger partial charge in [-0.1, -0.05) is 11.6 Å². The Bertz CT molecular complexity index is 1390. The zero-order chi connectivity index (χ0) is 23.8. The van der Waals surface area contributed by atoms with Crippen molar-refractivity contribution in [3.63, 3.8) is 0 Å². The van der Waals surface area contributed by atoms with E-state index in [0.29, 0.717) is 35.0 Å². The third kappa shape index (κ3) is 4.08. The molecule has 34 heavy (non-hydrogen) atoms. The van der Waals surface area contributed by atoms with Gasteiger partial charge in [0, 0.05) is 43.2 Å². The van der Waals surface area contributed by atoms with Crippen LogP contribution in [0, 0.1) is 11.6 Å². The highest BCUT2D eigenvalue weighted by Gasteiger charge is 2.30. The van der Waals surface area contributed by atoms with E-state index in [0.717, 1.165) is 6.07 Å². The van der Waals surface area contributed by atoms with Crippen LogP contribution in [0.3, 0.4) is 0 Å². The van der Waals surface area contributed by atoms with Crippen molar-refractivity contribution in [3.05, 3.63) is 76.8 Å². The zero-order valence-corrected chi connectivity index (χ0v) is 18.7. The van der Waals surface area contributed by atoms with Gasteiger partial charge in [0.25, 0.3) is 0 Å². The molecule has 0 saturated heterocycles. The van der Waals surface area contributed by atoms with E-state index in [1.165, 1.54) is 17.2 Å². The van der Waals surface area contributed by atoms with Gasteiger partial charge in [-0.25, -0.2) is 23.7 Å². The molecule has 0 fully saturated rings. The molecule has 0 aliphatic carbocycles. The number of hydrogen-bond donors (Lipinski definition) is 1. The van der Waals surface area contributed by atoms with Crippen LogP contribution in [-0.2, 0) is 24.7 Å². The molecule has 0 saturated carbocycles. The van der Waals surface area contributed by atoms with E-state index in [-0.39, 0.29) is 29.4 Å². The highest BCUT2D eigenvalue weighted by atomic mass is 35.5. The lowest BCUT2D eigenvalue weighted by atomic mass is 10.0. The Morgan fingerprint density at radius 1 is 1.12 bits per heavy atom. The quantitative estimate of drug-likeness (QED) is 0.432. The van der Waals surface area contributed by atoms with Gasteiger partial charge in [-0.05, 0) is 36.2 Å². The van der Waals surface area contributed by atoms with E-state index in [1.54, 1.807) is 42.3 Å². The summed E-state index contributed by atoms with van der Waals surface area (Å²) in [6, 6.07) is 7.73. The molecule has 4 aromatic rings. The molecule has 0 bridgehead atoms. The van der Waals surface area contributed by atoms with Gasteiger partial charge in [0.15, 0.2) is 0 Å². The maximum Gasteiger partial charge on any atom is 0.231 e. The number of rotatable bonds is 5. The average molecular weight is 482 g/mol. The van der Waals surface area contributed by atoms with Gasteiger partial charge in [0.1, 0.15) is 22.6 Å². The predicted molar refractivity (Wildman–Crippen MR) is 123 cm³/mol. The zero-order valence-electron chi connectivity index (χ0n) is 18.0. The first kappa shape index (κ1) is 21.9. The molecule has 8 nitrogen and oxygen atoms in total. The highest BCUT2D eigenvalue weighted by Crippen LogP contribution is 2.35. The molecule has 1 aliphatic rings. The summed E-state index contributed by atoms with van der Waals surface area (Å²) >= 11 is 5.95. The van der Waals surface area contributed by atoms with Crippen LogP contribution in [0.15, 0.2) is 48.9 Å². The number of amides is 1. The molecule has 1 N–H and O–H groups in total. The van der Waals surface area contributed by atoms with Crippen molar-refractivity contribution in [1.29, 1.82) is 0 Å². The summed E-state index contributed by atoms with van der Waals surface area (Å²) < 4.78 is 31.0. The third-order valence-electron chi connectivity index (χ3n) is 5.60. The minimum absolute atomic E-state index is 0.00548. The summed E-state index contributed by atoms with van der Waals surface area (Å²) in [4.78, 5) is 26.7. The largest absolute Gasteiger partial charge is 0.309 e. The van der Waals surface area contributed by atoms with Gasteiger partial charge in [0.05, 0.1) is 24.0 Å². The summed E-state index contributed by atoms with van der Waals surface area (Å²) in [6.07, 6.45) is 4.59. The van der Waals surface area contributed by atoms with Crippen molar-refractivity contribution in [3.8, 4) is 11.3 Å². The van der Waals surface area contributed by atoms with Gasteiger partial charge in [0.2, 0.25) is 11.9 Å². The molecule has 3 aromatic heterocycles. The number of fused-ring (bicyclic) bond motifs is 1. The van der Waals surface area contributed by atoms with Gasteiger partial charge in [-0.3, -0.25) is 9.48 Å². The lowest BCUT2D eigenvalue weighted by molar-refractivity contribution is -0.118. The molecular weight excluding hydrogens is 464 g/mol. The first-order chi connectivity index (χ1) is 16.4. The fraction of sp³-hybridized carbons (Fsp3) is 0.174. The van der Waals surface area contributed by atoms with Crippen LogP contribution < -0.4 is 10.2 Å². The molecular formula is C23H18ClF2N7O. The second-order valence-corrected chi connectivity index (χ2v) is 8.09. The third-order valence-corrected chi connectivity index (χ3v) is 5.93. The Hall–Kier alpha value is -3.92. The smallest absolute Gasteiger partial charge is 0.231 e. The number of aromatic nitrogens is 5. The van der Waals surface area contributed by atoms with Crippen LogP contribution in [0.5, 0.6) is 0 Å². The molecule has 11 heteroatoms. The molecule has 1 aromatic carbocycles. The minimum Gasteiger partial charge on any atom is -0.309 e. The van der Waals surface area contributed by atoms with Gasteiger partial charge >= 0.3 is 0 Å². The number of anilines is 3. The van der Waals surface area contributed by atoms with Crippen LogP contribution in [0.1, 0.15) is 11.1 Å². The summed E-state index contributed by atoms with van der Waals surface area (Å²) in [7, 11) is 1.78. The first-order valence-corrected chi connectivity index (χ1v) is 10.8. The Balaban J connectivity index is 1.41. The van der Waals surface area contributed by atoms with Crippen molar-refractivity contribution in [1.82, 2.24) is 24.7 Å². The Labute approximate surface area is 198 Å². The number of hydrogen-bond acceptors (Lipinski definition) is 6. The van der Waals surface area contributed by atoms with Crippen LogP contribution >= 0.6 is 11.6 Å². The van der Waals surface area contributed by atoms with Crippen LogP contribution in [0.4, 0.5) is 26.2 Å². The molecule has 0 unspecified atom stereocenters. The van der Waals surface area contributed by atoms with E-state index in [1.807, 2.05) is 0 Å². The fourth-order valence-electron chi connectivity index (χ4n) is 3.93. The normalized spacial score (nSPS) is 12.6. The molecule has 4 heterocycles. The number of aryl methyl sites for hydroxylation is 1. The first-order valence-electron chi connectivity index (χ1n) is 10.4. The molecule has 172 valence electrons. The molecule has 0 spiro atoms. The maximum absolute atomic E-state index is 15.2. The average Bonchev–Trinajstić information content (AvgIpc) is 3.43. The minimum atomic E-state index is -0.622. The molecule has 0 radical (unpaired) electrons. The number of carbonyl (C=O) groups is 1. The monoisotopic (exact) mass is 481 g/mol. The summed E-state index contributed by atoms with van der Waals surface area (Å²) in [5.41, 5.74) is 1.93. The number of nitrogens with one attached hydrogen (secondary N) is 1. The van der Waals surface area contributed by atoms with Crippen molar-refractivity contribution in [2.24, 2.45) is 7.05 Å². The van der Waals surface area contributed by atoms with Crippen LogP contribution in [0.2, 0.25) is 5.15 Å². The van der Waals surface area contributed by atoms with Crippen LogP contribution in [0.25, 0.3) is 11.3 Å². The lowest BCUT2D eigenvalue weighted by Crippen LogP contribution is -2.31. The number of halogens is 3. The second kappa shape index (κ2) is 8.79. The molecule has 1 aliphatic heterocycles. The SMILES string of the molecule is Cn1nccc1Nc1nccc(-c2cc(F)c3c(c2)CCN3C(=O)Cc2c(F)ccnc2Cl)n1. The second-order valence-electron chi connectivity index (χ2n) is 7.73. The van der Waals surface area contributed by atoms with E-state index in [9.17, 15) is 9.18 Å².